The standard InChI is InChI=1S/C22H20N4O2S/c1-3-12-27-16-9-7-8-15(14-16)20-23-18-11-6-5-10-17(18)19-21(28-20)24-22(26-25-19)29-13-4-2/h3-11,14,20,23H,1-2,12-13H2/t20-/m1/s1. The number of nitrogens with one attached hydrogen (secondary N) is 1. The largest absolute Gasteiger partial charge is 0.490 e. The number of para-hydroxylation sites is 1. The zero-order valence-corrected chi connectivity index (χ0v) is 16.6. The van der Waals surface area contributed by atoms with Gasteiger partial charge in [-0.15, -0.1) is 16.8 Å². The van der Waals surface area contributed by atoms with Gasteiger partial charge in [-0.3, -0.25) is 0 Å². The van der Waals surface area contributed by atoms with Crippen LogP contribution in [0, 0.1) is 0 Å². The van der Waals surface area contributed by atoms with E-state index in [0.29, 0.717) is 29.1 Å². The van der Waals surface area contributed by atoms with Crippen LogP contribution in [0.1, 0.15) is 11.8 Å². The normalized spacial score (nSPS) is 14.4. The van der Waals surface area contributed by atoms with Crippen LogP contribution in [-0.4, -0.2) is 27.5 Å². The summed E-state index contributed by atoms with van der Waals surface area (Å²) in [5.74, 6) is 1.88. The Morgan fingerprint density at radius 1 is 1.10 bits per heavy atom. The second kappa shape index (κ2) is 8.79. The van der Waals surface area contributed by atoms with Crippen molar-refractivity contribution >= 4 is 17.4 Å². The monoisotopic (exact) mass is 404 g/mol. The van der Waals surface area contributed by atoms with Crippen molar-refractivity contribution in [3.63, 3.8) is 0 Å². The highest BCUT2D eigenvalue weighted by Gasteiger charge is 2.26. The predicted octanol–water partition coefficient (Wildman–Crippen LogP) is 4.88. The molecule has 29 heavy (non-hydrogen) atoms. The molecule has 0 fully saturated rings. The van der Waals surface area contributed by atoms with Crippen molar-refractivity contribution in [2.24, 2.45) is 0 Å². The fraction of sp³-hybridized carbons (Fsp3) is 0.136. The van der Waals surface area contributed by atoms with Crippen molar-refractivity contribution < 1.29 is 9.47 Å². The topological polar surface area (TPSA) is 69.2 Å². The zero-order valence-electron chi connectivity index (χ0n) is 15.7. The van der Waals surface area contributed by atoms with Gasteiger partial charge in [-0.05, 0) is 18.2 Å². The molecule has 2 heterocycles. The first-order valence-electron chi connectivity index (χ1n) is 9.13. The molecule has 1 aliphatic heterocycles. The summed E-state index contributed by atoms with van der Waals surface area (Å²) < 4.78 is 11.9. The molecular weight excluding hydrogens is 384 g/mol. The van der Waals surface area contributed by atoms with Gasteiger partial charge in [0.2, 0.25) is 11.0 Å². The van der Waals surface area contributed by atoms with E-state index in [1.807, 2.05) is 48.5 Å². The minimum atomic E-state index is -0.460. The number of nitrogens with zero attached hydrogens (tertiary/aromatic N) is 3. The molecule has 0 saturated carbocycles. The van der Waals surface area contributed by atoms with Crippen molar-refractivity contribution in [1.82, 2.24) is 15.2 Å². The second-order valence-electron chi connectivity index (χ2n) is 6.21. The molecule has 1 aliphatic rings. The Balaban J connectivity index is 1.73. The van der Waals surface area contributed by atoms with Gasteiger partial charge >= 0.3 is 0 Å². The summed E-state index contributed by atoms with van der Waals surface area (Å²) in [5, 5.41) is 12.6. The molecule has 0 spiro atoms. The Morgan fingerprint density at radius 2 is 2.00 bits per heavy atom. The summed E-state index contributed by atoms with van der Waals surface area (Å²) >= 11 is 1.46. The van der Waals surface area contributed by atoms with Crippen LogP contribution in [-0.2, 0) is 0 Å². The van der Waals surface area contributed by atoms with Gasteiger partial charge in [-0.25, -0.2) is 0 Å². The van der Waals surface area contributed by atoms with Crippen LogP contribution in [0.15, 0.2) is 79.0 Å². The molecule has 1 N–H and O–H groups in total. The first kappa shape index (κ1) is 19.0. The Bertz CT molecular complexity index is 1040. The Labute approximate surface area is 173 Å². The minimum Gasteiger partial charge on any atom is -0.490 e. The third kappa shape index (κ3) is 4.25. The summed E-state index contributed by atoms with van der Waals surface area (Å²) in [4.78, 5) is 4.59. The molecule has 1 atom stereocenters. The molecule has 0 bridgehead atoms. The van der Waals surface area contributed by atoms with Gasteiger partial charge in [0, 0.05) is 22.6 Å². The number of hydrogen-bond donors (Lipinski definition) is 1. The number of thioether (sulfide) groups is 1. The van der Waals surface area contributed by atoms with Gasteiger partial charge < -0.3 is 14.8 Å². The maximum absolute atomic E-state index is 6.27. The third-order valence-electron chi connectivity index (χ3n) is 4.19. The average molecular weight is 404 g/mol. The van der Waals surface area contributed by atoms with E-state index < -0.39 is 6.23 Å². The van der Waals surface area contributed by atoms with Gasteiger partial charge in [0.1, 0.15) is 12.4 Å². The number of rotatable bonds is 7. The van der Waals surface area contributed by atoms with E-state index in [1.165, 1.54) is 11.8 Å². The van der Waals surface area contributed by atoms with E-state index in [4.69, 9.17) is 9.47 Å². The smallest absolute Gasteiger partial charge is 0.247 e. The summed E-state index contributed by atoms with van der Waals surface area (Å²) in [6.07, 6.45) is 3.05. The molecule has 0 unspecified atom stereocenters. The van der Waals surface area contributed by atoms with Crippen molar-refractivity contribution in [1.29, 1.82) is 0 Å². The van der Waals surface area contributed by atoms with Gasteiger partial charge in [0.15, 0.2) is 11.9 Å². The average Bonchev–Trinajstić information content (AvgIpc) is 2.93. The number of ether oxygens (including phenoxy) is 2. The van der Waals surface area contributed by atoms with Crippen LogP contribution in [0.5, 0.6) is 11.6 Å². The quantitative estimate of drug-likeness (QED) is 0.444. The van der Waals surface area contributed by atoms with E-state index >= 15 is 0 Å². The number of benzene rings is 2. The SMILES string of the molecule is C=CCOc1cccc([C@@H]2Nc3ccccc3-c3nnc(SCC=C)nc3O2)c1. The van der Waals surface area contributed by atoms with Crippen LogP contribution in [0.2, 0.25) is 0 Å². The van der Waals surface area contributed by atoms with Gasteiger partial charge in [-0.2, -0.15) is 4.98 Å². The molecular formula is C22H20N4O2S. The lowest BCUT2D eigenvalue weighted by Crippen LogP contribution is -2.17. The van der Waals surface area contributed by atoms with Gasteiger partial charge in [0.25, 0.3) is 0 Å². The molecule has 2 aromatic carbocycles. The molecule has 0 saturated heterocycles. The maximum atomic E-state index is 6.27. The van der Waals surface area contributed by atoms with Gasteiger partial charge in [0.05, 0.1) is 0 Å². The first-order chi connectivity index (χ1) is 14.3. The van der Waals surface area contributed by atoms with Crippen molar-refractivity contribution in [2.45, 2.75) is 11.4 Å². The molecule has 7 heteroatoms. The van der Waals surface area contributed by atoms with E-state index in [-0.39, 0.29) is 0 Å². The summed E-state index contributed by atoms with van der Waals surface area (Å²) in [6, 6.07) is 15.6. The van der Waals surface area contributed by atoms with Crippen LogP contribution >= 0.6 is 11.8 Å². The van der Waals surface area contributed by atoms with Crippen molar-refractivity contribution in [3.8, 4) is 22.9 Å². The summed E-state index contributed by atoms with van der Waals surface area (Å²) in [7, 11) is 0. The van der Waals surface area contributed by atoms with Crippen LogP contribution < -0.4 is 14.8 Å². The van der Waals surface area contributed by atoms with Gasteiger partial charge in [-0.1, -0.05) is 60.8 Å². The Kier molecular flexibility index (Phi) is 5.76. The Hall–Kier alpha value is -3.32. The number of fused-ring (bicyclic) bond motifs is 3. The van der Waals surface area contributed by atoms with Crippen LogP contribution in [0.4, 0.5) is 5.69 Å². The molecule has 0 radical (unpaired) electrons. The lowest BCUT2D eigenvalue weighted by Gasteiger charge is -2.20. The first-order valence-corrected chi connectivity index (χ1v) is 10.1. The second-order valence-corrected chi connectivity index (χ2v) is 7.19. The molecule has 4 rings (SSSR count). The van der Waals surface area contributed by atoms with E-state index in [0.717, 1.165) is 22.6 Å². The highest BCUT2D eigenvalue weighted by Crippen LogP contribution is 2.39. The van der Waals surface area contributed by atoms with E-state index in [2.05, 4.69) is 33.7 Å². The fourth-order valence-electron chi connectivity index (χ4n) is 2.92. The molecule has 6 nitrogen and oxygen atoms in total. The number of anilines is 1. The molecule has 0 amide bonds. The lowest BCUT2D eigenvalue weighted by atomic mass is 10.1. The molecule has 0 aliphatic carbocycles. The summed E-state index contributed by atoms with van der Waals surface area (Å²) in [5.41, 5.74) is 3.31. The summed E-state index contributed by atoms with van der Waals surface area (Å²) in [6.45, 7) is 7.86. The molecule has 146 valence electrons. The highest BCUT2D eigenvalue weighted by molar-refractivity contribution is 7.99. The third-order valence-corrected chi connectivity index (χ3v) is 5.03. The van der Waals surface area contributed by atoms with E-state index in [1.54, 1.807) is 12.2 Å². The predicted molar refractivity (Wildman–Crippen MR) is 115 cm³/mol. The van der Waals surface area contributed by atoms with Crippen molar-refractivity contribution in [2.75, 3.05) is 17.7 Å². The number of hydrogen-bond acceptors (Lipinski definition) is 7. The van der Waals surface area contributed by atoms with Crippen LogP contribution in [0.3, 0.4) is 0 Å². The lowest BCUT2D eigenvalue weighted by molar-refractivity contribution is 0.224. The maximum Gasteiger partial charge on any atom is 0.247 e. The fourth-order valence-corrected chi connectivity index (χ4v) is 3.43. The van der Waals surface area contributed by atoms with E-state index in [9.17, 15) is 0 Å². The zero-order chi connectivity index (χ0) is 20.1. The molecule has 1 aromatic heterocycles. The minimum absolute atomic E-state index is 0.437. The highest BCUT2D eigenvalue weighted by atomic mass is 32.2. The van der Waals surface area contributed by atoms with Crippen molar-refractivity contribution in [3.05, 3.63) is 79.4 Å². The Morgan fingerprint density at radius 3 is 2.86 bits per heavy atom. The number of aromatic nitrogens is 3. The molecule has 3 aromatic rings. The van der Waals surface area contributed by atoms with Crippen LogP contribution in [0.25, 0.3) is 11.3 Å².